The van der Waals surface area contributed by atoms with Gasteiger partial charge in [0.05, 0.1) is 11.1 Å². The Morgan fingerprint density at radius 3 is 2.72 bits per heavy atom. The molecule has 1 N–H and O–H groups in total. The molecule has 2 heteroatoms. The van der Waals surface area contributed by atoms with Crippen molar-refractivity contribution >= 4 is 10.9 Å². The van der Waals surface area contributed by atoms with Crippen molar-refractivity contribution in [1.29, 1.82) is 0 Å². The van der Waals surface area contributed by atoms with Gasteiger partial charge in [-0.1, -0.05) is 18.2 Å². The SMILES string of the molecule is CC(C)(O)Cc1cccc2ccn(CC3CC3)c12. The van der Waals surface area contributed by atoms with Crippen molar-refractivity contribution in [1.82, 2.24) is 4.57 Å². The predicted octanol–water partition coefficient (Wildman–Crippen LogP) is 3.36. The van der Waals surface area contributed by atoms with Crippen LogP contribution in [0.25, 0.3) is 10.9 Å². The minimum atomic E-state index is -0.650. The van der Waals surface area contributed by atoms with E-state index in [2.05, 4.69) is 35.0 Å². The first-order chi connectivity index (χ1) is 8.53. The number of hydrogen-bond acceptors (Lipinski definition) is 1. The van der Waals surface area contributed by atoms with Crippen molar-refractivity contribution in [2.24, 2.45) is 5.92 Å². The molecule has 18 heavy (non-hydrogen) atoms. The highest BCUT2D eigenvalue weighted by Gasteiger charge is 2.23. The lowest BCUT2D eigenvalue weighted by Gasteiger charge is -2.18. The second-order valence-corrected chi connectivity index (χ2v) is 6.26. The van der Waals surface area contributed by atoms with Crippen LogP contribution in [0, 0.1) is 5.92 Å². The summed E-state index contributed by atoms with van der Waals surface area (Å²) in [5.74, 6) is 0.871. The zero-order valence-electron chi connectivity index (χ0n) is 11.2. The van der Waals surface area contributed by atoms with E-state index in [0.717, 1.165) is 12.5 Å². The molecule has 0 radical (unpaired) electrons. The smallest absolute Gasteiger partial charge is 0.0632 e. The normalized spacial score (nSPS) is 16.4. The summed E-state index contributed by atoms with van der Waals surface area (Å²) in [5, 5.41) is 11.3. The van der Waals surface area contributed by atoms with Gasteiger partial charge in [0, 0.05) is 19.2 Å². The molecular formula is C16H21NO. The Morgan fingerprint density at radius 2 is 2.06 bits per heavy atom. The van der Waals surface area contributed by atoms with Gasteiger partial charge < -0.3 is 9.67 Å². The van der Waals surface area contributed by atoms with E-state index in [1.165, 1.54) is 29.3 Å². The van der Waals surface area contributed by atoms with Gasteiger partial charge in [-0.05, 0) is 49.6 Å². The van der Waals surface area contributed by atoms with E-state index in [0.29, 0.717) is 6.42 Å². The fourth-order valence-electron chi connectivity index (χ4n) is 2.68. The van der Waals surface area contributed by atoms with Crippen molar-refractivity contribution < 1.29 is 5.11 Å². The molecule has 0 saturated heterocycles. The van der Waals surface area contributed by atoms with Crippen molar-refractivity contribution in [3.63, 3.8) is 0 Å². The van der Waals surface area contributed by atoms with E-state index in [4.69, 9.17) is 0 Å². The molecule has 1 aromatic carbocycles. The molecule has 0 spiro atoms. The van der Waals surface area contributed by atoms with Crippen molar-refractivity contribution in [2.75, 3.05) is 0 Å². The topological polar surface area (TPSA) is 25.2 Å². The number of fused-ring (bicyclic) bond motifs is 1. The first kappa shape index (κ1) is 11.8. The molecule has 1 aliphatic carbocycles. The zero-order chi connectivity index (χ0) is 12.8. The first-order valence-electron chi connectivity index (χ1n) is 6.82. The summed E-state index contributed by atoms with van der Waals surface area (Å²) in [7, 11) is 0. The van der Waals surface area contributed by atoms with Gasteiger partial charge in [-0.15, -0.1) is 0 Å². The van der Waals surface area contributed by atoms with Crippen molar-refractivity contribution in [3.05, 3.63) is 36.0 Å². The molecular weight excluding hydrogens is 222 g/mol. The average Bonchev–Trinajstić information content (AvgIpc) is 2.97. The van der Waals surface area contributed by atoms with E-state index < -0.39 is 5.60 Å². The molecule has 2 aromatic rings. The van der Waals surface area contributed by atoms with Crippen LogP contribution < -0.4 is 0 Å². The molecule has 0 bridgehead atoms. The third kappa shape index (κ3) is 2.44. The second kappa shape index (κ2) is 4.13. The average molecular weight is 243 g/mol. The van der Waals surface area contributed by atoms with Gasteiger partial charge >= 0.3 is 0 Å². The van der Waals surface area contributed by atoms with Crippen LogP contribution in [0.3, 0.4) is 0 Å². The van der Waals surface area contributed by atoms with Crippen LogP contribution in [-0.2, 0) is 13.0 Å². The Labute approximate surface area is 108 Å². The first-order valence-corrected chi connectivity index (χ1v) is 6.82. The van der Waals surface area contributed by atoms with E-state index in [1.807, 2.05) is 13.8 Å². The molecule has 0 unspecified atom stereocenters. The molecule has 1 heterocycles. The summed E-state index contributed by atoms with van der Waals surface area (Å²) in [5.41, 5.74) is 1.92. The summed E-state index contributed by atoms with van der Waals surface area (Å²) in [6.07, 6.45) is 5.64. The maximum Gasteiger partial charge on any atom is 0.0632 e. The Balaban J connectivity index is 2.03. The minimum absolute atomic E-state index is 0.650. The lowest BCUT2D eigenvalue weighted by molar-refractivity contribution is 0.0812. The Morgan fingerprint density at radius 1 is 1.28 bits per heavy atom. The molecule has 0 atom stereocenters. The van der Waals surface area contributed by atoms with Crippen LogP contribution in [0.2, 0.25) is 0 Å². The van der Waals surface area contributed by atoms with Crippen molar-refractivity contribution in [2.45, 2.75) is 45.3 Å². The largest absolute Gasteiger partial charge is 0.390 e. The fraction of sp³-hybridized carbons (Fsp3) is 0.500. The van der Waals surface area contributed by atoms with Crippen LogP contribution in [0.4, 0.5) is 0 Å². The number of benzene rings is 1. The van der Waals surface area contributed by atoms with Crippen LogP contribution in [0.5, 0.6) is 0 Å². The maximum atomic E-state index is 10.0. The van der Waals surface area contributed by atoms with Crippen LogP contribution in [-0.4, -0.2) is 15.3 Å². The summed E-state index contributed by atoms with van der Waals surface area (Å²) in [6, 6.07) is 8.58. The Kier molecular flexibility index (Phi) is 2.70. The Bertz CT molecular complexity index is 558. The number of hydrogen-bond donors (Lipinski definition) is 1. The maximum absolute atomic E-state index is 10.0. The van der Waals surface area contributed by atoms with Crippen molar-refractivity contribution in [3.8, 4) is 0 Å². The van der Waals surface area contributed by atoms with Gasteiger partial charge in [-0.25, -0.2) is 0 Å². The summed E-state index contributed by atoms with van der Waals surface area (Å²) in [6.45, 7) is 4.88. The zero-order valence-corrected chi connectivity index (χ0v) is 11.2. The molecule has 2 nitrogen and oxygen atoms in total. The number of para-hydroxylation sites is 1. The van der Waals surface area contributed by atoms with E-state index in [1.54, 1.807) is 0 Å². The third-order valence-electron chi connectivity index (χ3n) is 3.65. The summed E-state index contributed by atoms with van der Waals surface area (Å²) in [4.78, 5) is 0. The monoisotopic (exact) mass is 243 g/mol. The Hall–Kier alpha value is -1.28. The summed E-state index contributed by atoms with van der Waals surface area (Å²) < 4.78 is 2.37. The highest BCUT2D eigenvalue weighted by molar-refractivity contribution is 5.83. The third-order valence-corrected chi connectivity index (χ3v) is 3.65. The van der Waals surface area contributed by atoms with Gasteiger partial charge in [-0.2, -0.15) is 0 Å². The second-order valence-electron chi connectivity index (χ2n) is 6.26. The molecule has 0 aliphatic heterocycles. The predicted molar refractivity (Wildman–Crippen MR) is 74.7 cm³/mol. The molecule has 1 aliphatic rings. The van der Waals surface area contributed by atoms with Gasteiger partial charge in [0.25, 0.3) is 0 Å². The quantitative estimate of drug-likeness (QED) is 0.875. The number of rotatable bonds is 4. The van der Waals surface area contributed by atoms with Gasteiger partial charge in [-0.3, -0.25) is 0 Å². The van der Waals surface area contributed by atoms with Crippen LogP contribution >= 0.6 is 0 Å². The molecule has 3 rings (SSSR count). The van der Waals surface area contributed by atoms with Crippen LogP contribution in [0.1, 0.15) is 32.3 Å². The minimum Gasteiger partial charge on any atom is -0.390 e. The van der Waals surface area contributed by atoms with E-state index in [9.17, 15) is 5.11 Å². The lowest BCUT2D eigenvalue weighted by Crippen LogP contribution is -2.22. The van der Waals surface area contributed by atoms with Gasteiger partial charge in [0.1, 0.15) is 0 Å². The molecule has 0 amide bonds. The highest BCUT2D eigenvalue weighted by atomic mass is 16.3. The van der Waals surface area contributed by atoms with E-state index >= 15 is 0 Å². The van der Waals surface area contributed by atoms with Gasteiger partial charge in [0.15, 0.2) is 0 Å². The standard InChI is InChI=1S/C16H21NO/c1-16(2,18)10-14-5-3-4-13-8-9-17(15(13)14)11-12-6-7-12/h3-5,8-9,12,18H,6-7,10-11H2,1-2H3. The molecule has 1 fully saturated rings. The van der Waals surface area contributed by atoms with Gasteiger partial charge in [0.2, 0.25) is 0 Å². The molecule has 96 valence electrons. The molecule has 1 saturated carbocycles. The number of nitrogens with zero attached hydrogens (tertiary/aromatic N) is 1. The fourth-order valence-corrected chi connectivity index (χ4v) is 2.68. The number of aliphatic hydroxyl groups is 1. The number of aromatic nitrogens is 1. The summed E-state index contributed by atoms with van der Waals surface area (Å²) >= 11 is 0. The van der Waals surface area contributed by atoms with E-state index in [-0.39, 0.29) is 0 Å². The lowest BCUT2D eigenvalue weighted by atomic mass is 9.97. The molecule has 1 aromatic heterocycles. The van der Waals surface area contributed by atoms with Crippen LogP contribution in [0.15, 0.2) is 30.5 Å². The highest BCUT2D eigenvalue weighted by Crippen LogP contribution is 2.33.